The third-order valence-electron chi connectivity index (χ3n) is 4.43. The summed E-state index contributed by atoms with van der Waals surface area (Å²) < 4.78 is 5.13. The molecule has 3 N–H and O–H groups in total. The lowest BCUT2D eigenvalue weighted by Crippen LogP contribution is -2.36. The molecule has 9 nitrogen and oxygen atoms in total. The maximum absolute atomic E-state index is 12.6. The molecule has 0 radical (unpaired) electrons. The predicted molar refractivity (Wildman–Crippen MR) is 104 cm³/mol. The van der Waals surface area contributed by atoms with Crippen LogP contribution < -0.4 is 10.6 Å². The molecule has 1 aliphatic heterocycles. The predicted octanol–water partition coefficient (Wildman–Crippen LogP) is 0.731. The number of hydrogen-bond acceptors (Lipinski definition) is 7. The molecule has 0 saturated heterocycles. The molecular formula is C19H26N4O5. The normalized spacial score (nSPS) is 15.1. The number of carbonyl (C=O) groups excluding carboxylic acids is 3. The van der Waals surface area contributed by atoms with Gasteiger partial charge in [-0.25, -0.2) is 0 Å². The van der Waals surface area contributed by atoms with Crippen LogP contribution in [0.15, 0.2) is 29.6 Å². The number of phenolic OH excluding ortho intramolecular Hbond substituents is 1. The highest BCUT2D eigenvalue weighted by Crippen LogP contribution is 2.31. The third kappa shape index (κ3) is 4.09. The fourth-order valence-electron chi connectivity index (χ4n) is 2.75. The first-order valence-electron chi connectivity index (χ1n) is 8.85. The second kappa shape index (κ2) is 8.75. The van der Waals surface area contributed by atoms with Crippen molar-refractivity contribution < 1.29 is 24.2 Å². The molecule has 1 aliphatic rings. The first-order chi connectivity index (χ1) is 13.2. The lowest BCUT2D eigenvalue weighted by Gasteiger charge is -2.18. The lowest BCUT2D eigenvalue weighted by atomic mass is 10.1. The van der Waals surface area contributed by atoms with Crippen LogP contribution in [0.1, 0.15) is 23.7 Å². The zero-order valence-electron chi connectivity index (χ0n) is 16.7. The minimum Gasteiger partial charge on any atom is -0.505 e. The maximum Gasteiger partial charge on any atom is 0.279 e. The van der Waals surface area contributed by atoms with Gasteiger partial charge in [0, 0.05) is 34.3 Å². The van der Waals surface area contributed by atoms with Crippen molar-refractivity contribution in [2.75, 3.05) is 40.2 Å². The number of rotatable bonds is 8. The highest BCUT2D eigenvalue weighted by atomic mass is 16.5. The summed E-state index contributed by atoms with van der Waals surface area (Å²) in [7, 11) is 6.07. The van der Waals surface area contributed by atoms with E-state index < -0.39 is 11.8 Å². The summed E-state index contributed by atoms with van der Waals surface area (Å²) in [5.74, 6) is -1.71. The monoisotopic (exact) mass is 390 g/mol. The van der Waals surface area contributed by atoms with E-state index in [0.717, 1.165) is 4.90 Å². The molecule has 0 aliphatic carbocycles. The van der Waals surface area contributed by atoms with E-state index in [4.69, 9.17) is 4.74 Å². The molecule has 9 heteroatoms. The highest BCUT2D eigenvalue weighted by Gasteiger charge is 2.37. The Kier molecular flexibility index (Phi) is 6.63. The minimum atomic E-state index is -0.538. The van der Waals surface area contributed by atoms with Crippen molar-refractivity contribution >= 4 is 23.4 Å². The molecular weight excluding hydrogens is 364 g/mol. The largest absolute Gasteiger partial charge is 0.505 e. The Hall–Kier alpha value is -3.07. The van der Waals surface area contributed by atoms with Gasteiger partial charge in [0.2, 0.25) is 0 Å². The van der Waals surface area contributed by atoms with Gasteiger partial charge in [0.25, 0.3) is 17.7 Å². The van der Waals surface area contributed by atoms with E-state index in [2.05, 4.69) is 10.6 Å². The van der Waals surface area contributed by atoms with E-state index in [1.54, 1.807) is 27.3 Å². The van der Waals surface area contributed by atoms with Crippen molar-refractivity contribution in [2.24, 2.45) is 0 Å². The molecule has 28 heavy (non-hydrogen) atoms. The highest BCUT2D eigenvalue weighted by molar-refractivity contribution is 6.20. The van der Waals surface area contributed by atoms with E-state index in [1.165, 1.54) is 24.1 Å². The Bertz CT molecular complexity index is 819. The number of hydrogen-bond donors (Lipinski definition) is 3. The van der Waals surface area contributed by atoms with E-state index in [0.29, 0.717) is 13.0 Å². The van der Waals surface area contributed by atoms with Crippen molar-refractivity contribution in [1.29, 1.82) is 0 Å². The smallest absolute Gasteiger partial charge is 0.279 e. The zero-order valence-corrected chi connectivity index (χ0v) is 16.7. The fraction of sp³-hybridized carbons (Fsp3) is 0.421. The number of nitrogens with zero attached hydrogens (tertiary/aromatic N) is 2. The molecule has 0 unspecified atom stereocenters. The van der Waals surface area contributed by atoms with Crippen LogP contribution in [0.5, 0.6) is 5.75 Å². The minimum absolute atomic E-state index is 0.00630. The molecule has 1 atom stereocenters. The topological polar surface area (TPSA) is 111 Å². The van der Waals surface area contributed by atoms with Crippen LogP contribution >= 0.6 is 0 Å². The zero-order chi connectivity index (χ0) is 21.0. The number of benzene rings is 1. The Morgan fingerprint density at radius 1 is 1.25 bits per heavy atom. The molecule has 3 amide bonds. The number of likely N-dealkylation sites (N-methyl/N-ethyl adjacent to an activating group) is 1. The quantitative estimate of drug-likeness (QED) is 0.443. The molecule has 2 rings (SSSR count). The van der Waals surface area contributed by atoms with E-state index in [9.17, 15) is 19.5 Å². The summed E-state index contributed by atoms with van der Waals surface area (Å²) in [5, 5.41) is 16.4. The number of aromatic hydroxyl groups is 1. The van der Waals surface area contributed by atoms with Crippen molar-refractivity contribution in [2.45, 2.75) is 19.4 Å². The number of methoxy groups -OCH3 is 1. The van der Waals surface area contributed by atoms with E-state index in [-0.39, 0.29) is 40.3 Å². The third-order valence-corrected chi connectivity index (χ3v) is 4.43. The fourth-order valence-corrected chi connectivity index (χ4v) is 2.75. The van der Waals surface area contributed by atoms with Gasteiger partial charge in [-0.2, -0.15) is 0 Å². The van der Waals surface area contributed by atoms with Crippen LogP contribution in [0.3, 0.4) is 0 Å². The van der Waals surface area contributed by atoms with Gasteiger partial charge in [0.1, 0.15) is 11.4 Å². The van der Waals surface area contributed by atoms with Crippen LogP contribution in [-0.4, -0.2) is 73.5 Å². The number of phenols is 1. The Labute approximate surface area is 163 Å². The number of imide groups is 1. The Balaban J connectivity index is 2.43. The van der Waals surface area contributed by atoms with Crippen LogP contribution in [0.4, 0.5) is 5.69 Å². The van der Waals surface area contributed by atoms with Gasteiger partial charge in [-0.1, -0.05) is 13.0 Å². The SMILES string of the molecule is CC[C@H](COC)NC1=C(Nc2cccc(C(=O)N(C)C)c2O)C(=O)N(C)C1=O. The first-order valence-corrected chi connectivity index (χ1v) is 8.85. The standard InChI is InChI=1S/C19H26N4O5/c1-6-11(10-28-5)20-14-15(19(27)23(4)18(14)26)21-13-9-7-8-12(16(13)24)17(25)22(2)3/h7-9,11,20-21,24H,6,10H2,1-5H3/t11-/m1/s1. The number of carbonyl (C=O) groups is 3. The summed E-state index contributed by atoms with van der Waals surface area (Å²) in [6.07, 6.45) is 0.674. The summed E-state index contributed by atoms with van der Waals surface area (Å²) >= 11 is 0. The van der Waals surface area contributed by atoms with Crippen molar-refractivity contribution in [3.63, 3.8) is 0 Å². The van der Waals surface area contributed by atoms with Gasteiger partial charge in [-0.05, 0) is 18.6 Å². The summed E-state index contributed by atoms with van der Waals surface area (Å²) in [5.41, 5.74) is 0.339. The molecule has 0 bridgehead atoms. The number of para-hydroxylation sites is 1. The van der Waals surface area contributed by atoms with Crippen molar-refractivity contribution in [3.05, 3.63) is 35.2 Å². The number of ether oxygens (including phenoxy) is 1. The Morgan fingerprint density at radius 3 is 2.46 bits per heavy atom. The molecule has 1 aromatic rings. The van der Waals surface area contributed by atoms with Gasteiger partial charge in [-0.15, -0.1) is 0 Å². The molecule has 1 heterocycles. The summed E-state index contributed by atoms with van der Waals surface area (Å²) in [6, 6.07) is 4.41. The first kappa shape index (κ1) is 21.2. The second-order valence-electron chi connectivity index (χ2n) is 6.65. The van der Waals surface area contributed by atoms with E-state index >= 15 is 0 Å². The van der Waals surface area contributed by atoms with Gasteiger partial charge < -0.3 is 25.4 Å². The average Bonchev–Trinajstić information content (AvgIpc) is 2.86. The van der Waals surface area contributed by atoms with Gasteiger partial charge in [0.15, 0.2) is 5.75 Å². The molecule has 0 saturated carbocycles. The molecule has 0 fully saturated rings. The number of anilines is 1. The Morgan fingerprint density at radius 2 is 1.89 bits per heavy atom. The van der Waals surface area contributed by atoms with Crippen LogP contribution in [-0.2, 0) is 14.3 Å². The summed E-state index contributed by atoms with van der Waals surface area (Å²) in [4.78, 5) is 39.6. The molecule has 0 aromatic heterocycles. The molecule has 152 valence electrons. The summed E-state index contributed by atoms with van der Waals surface area (Å²) in [6.45, 7) is 2.29. The van der Waals surface area contributed by atoms with Crippen molar-refractivity contribution in [1.82, 2.24) is 15.1 Å². The van der Waals surface area contributed by atoms with Gasteiger partial charge in [-0.3, -0.25) is 19.3 Å². The van der Waals surface area contributed by atoms with Gasteiger partial charge in [0.05, 0.1) is 17.9 Å². The lowest BCUT2D eigenvalue weighted by molar-refractivity contribution is -0.136. The van der Waals surface area contributed by atoms with Gasteiger partial charge >= 0.3 is 0 Å². The average molecular weight is 390 g/mol. The maximum atomic E-state index is 12.6. The number of amides is 3. The molecule has 0 spiro atoms. The second-order valence-corrected chi connectivity index (χ2v) is 6.65. The van der Waals surface area contributed by atoms with Crippen LogP contribution in [0, 0.1) is 0 Å². The molecule has 1 aromatic carbocycles. The van der Waals surface area contributed by atoms with E-state index in [1.807, 2.05) is 6.92 Å². The van der Waals surface area contributed by atoms with Crippen LogP contribution in [0.25, 0.3) is 0 Å². The van der Waals surface area contributed by atoms with Crippen molar-refractivity contribution in [3.8, 4) is 5.75 Å². The number of nitrogens with one attached hydrogen (secondary N) is 2. The van der Waals surface area contributed by atoms with Crippen LogP contribution in [0.2, 0.25) is 0 Å².